The molecule has 2 rings (SSSR count). The number of rotatable bonds is 4. The van der Waals surface area contributed by atoms with Crippen molar-refractivity contribution in [3.63, 3.8) is 0 Å². The minimum atomic E-state index is -3.54. The first kappa shape index (κ1) is 12.7. The molecule has 0 spiro atoms. The van der Waals surface area contributed by atoms with Gasteiger partial charge in [0.2, 0.25) is 0 Å². The van der Waals surface area contributed by atoms with Gasteiger partial charge in [-0.15, -0.1) is 0 Å². The van der Waals surface area contributed by atoms with E-state index in [9.17, 15) is 8.42 Å². The van der Waals surface area contributed by atoms with Crippen molar-refractivity contribution < 1.29 is 12.6 Å². The molecule has 0 fully saturated rings. The maximum absolute atomic E-state index is 11.4. The maximum atomic E-state index is 11.4. The van der Waals surface area contributed by atoms with Crippen LogP contribution in [0.25, 0.3) is 0 Å². The summed E-state index contributed by atoms with van der Waals surface area (Å²) in [4.78, 5) is 3.91. The van der Waals surface area contributed by atoms with Crippen molar-refractivity contribution >= 4 is 10.1 Å². The van der Waals surface area contributed by atoms with Crippen LogP contribution >= 0.6 is 0 Å². The van der Waals surface area contributed by atoms with Crippen molar-refractivity contribution in [1.29, 1.82) is 0 Å². The Bertz CT molecular complexity index is 557. The Kier molecular flexibility index (Phi) is 3.74. The van der Waals surface area contributed by atoms with Crippen molar-refractivity contribution in [2.75, 3.05) is 6.26 Å². The highest BCUT2D eigenvalue weighted by molar-refractivity contribution is 7.86. The van der Waals surface area contributed by atoms with E-state index in [-0.39, 0.29) is 0 Å². The van der Waals surface area contributed by atoms with E-state index in [2.05, 4.69) is 4.98 Å². The largest absolute Gasteiger partial charge is 0.265 e. The minimum Gasteiger partial charge on any atom is -0.265 e. The highest BCUT2D eigenvalue weighted by Crippen LogP contribution is 2.26. The lowest BCUT2D eigenvalue weighted by Crippen LogP contribution is -2.11. The first-order valence-electron chi connectivity index (χ1n) is 5.39. The van der Waals surface area contributed by atoms with Crippen LogP contribution in [0.5, 0.6) is 0 Å². The second kappa shape index (κ2) is 5.29. The highest BCUT2D eigenvalue weighted by atomic mass is 32.2. The molecular formula is C13H13NO3S. The van der Waals surface area contributed by atoms with Crippen LogP contribution in [0.4, 0.5) is 0 Å². The molecule has 1 aromatic carbocycles. The first-order chi connectivity index (χ1) is 8.56. The molecule has 2 aromatic rings. The normalized spacial score (nSPS) is 13.2. The van der Waals surface area contributed by atoms with Crippen LogP contribution in [0.15, 0.2) is 54.9 Å². The van der Waals surface area contributed by atoms with Crippen LogP contribution in [-0.2, 0) is 14.3 Å². The van der Waals surface area contributed by atoms with E-state index >= 15 is 0 Å². The molecule has 1 unspecified atom stereocenters. The standard InChI is InChI=1S/C13H13NO3S/c1-18(15,16)17-13(11-5-3-2-4-6-11)12-7-9-14-10-8-12/h2-10,13H,1H3. The van der Waals surface area contributed by atoms with Crippen LogP contribution in [0.1, 0.15) is 17.2 Å². The Morgan fingerprint density at radius 1 is 1.00 bits per heavy atom. The second-order valence-corrected chi connectivity index (χ2v) is 5.47. The van der Waals surface area contributed by atoms with Gasteiger partial charge in [0.05, 0.1) is 6.26 Å². The third kappa shape index (κ3) is 3.38. The summed E-state index contributed by atoms with van der Waals surface area (Å²) in [6.07, 6.45) is 3.63. The van der Waals surface area contributed by atoms with Gasteiger partial charge < -0.3 is 0 Å². The Hall–Kier alpha value is -1.72. The van der Waals surface area contributed by atoms with Gasteiger partial charge in [-0.05, 0) is 23.3 Å². The topological polar surface area (TPSA) is 56.3 Å². The Balaban J connectivity index is 2.42. The van der Waals surface area contributed by atoms with Crippen molar-refractivity contribution in [2.24, 2.45) is 0 Å². The van der Waals surface area contributed by atoms with Crippen molar-refractivity contribution in [3.8, 4) is 0 Å². The van der Waals surface area contributed by atoms with Crippen LogP contribution in [0.2, 0.25) is 0 Å². The quantitative estimate of drug-likeness (QED) is 0.793. The van der Waals surface area contributed by atoms with Crippen molar-refractivity contribution in [2.45, 2.75) is 6.10 Å². The molecular weight excluding hydrogens is 250 g/mol. The molecule has 4 nitrogen and oxygen atoms in total. The summed E-state index contributed by atoms with van der Waals surface area (Å²) in [5, 5.41) is 0. The van der Waals surface area contributed by atoms with Gasteiger partial charge in [-0.2, -0.15) is 8.42 Å². The molecule has 0 N–H and O–H groups in total. The molecule has 0 saturated carbocycles. The molecule has 5 heteroatoms. The summed E-state index contributed by atoms with van der Waals surface area (Å²) in [7, 11) is -3.54. The van der Waals surface area contributed by atoms with E-state index in [1.165, 1.54) is 0 Å². The molecule has 0 aliphatic heterocycles. The predicted octanol–water partition coefficient (Wildman–Crippen LogP) is 2.15. The van der Waals surface area contributed by atoms with E-state index in [0.29, 0.717) is 0 Å². The fourth-order valence-corrected chi connectivity index (χ4v) is 2.22. The summed E-state index contributed by atoms with van der Waals surface area (Å²) >= 11 is 0. The van der Waals surface area contributed by atoms with Gasteiger partial charge in [0.1, 0.15) is 6.10 Å². The lowest BCUT2D eigenvalue weighted by atomic mass is 10.0. The van der Waals surface area contributed by atoms with E-state index in [1.54, 1.807) is 24.5 Å². The zero-order valence-corrected chi connectivity index (χ0v) is 10.7. The Morgan fingerprint density at radius 2 is 1.56 bits per heavy atom. The molecule has 0 bridgehead atoms. The summed E-state index contributed by atoms with van der Waals surface area (Å²) in [6.45, 7) is 0. The molecule has 0 radical (unpaired) electrons. The van der Waals surface area contributed by atoms with Crippen LogP contribution in [-0.4, -0.2) is 19.7 Å². The fraction of sp³-hybridized carbons (Fsp3) is 0.154. The second-order valence-electron chi connectivity index (χ2n) is 3.87. The highest BCUT2D eigenvalue weighted by Gasteiger charge is 2.19. The zero-order valence-electron chi connectivity index (χ0n) is 9.85. The SMILES string of the molecule is CS(=O)(=O)OC(c1ccccc1)c1ccncc1. The molecule has 1 aromatic heterocycles. The van der Waals surface area contributed by atoms with Gasteiger partial charge in [0.25, 0.3) is 10.1 Å². The molecule has 0 saturated heterocycles. The average molecular weight is 263 g/mol. The number of nitrogens with zero attached hydrogens (tertiary/aromatic N) is 1. The number of benzene rings is 1. The minimum absolute atomic E-state index is 0.635. The smallest absolute Gasteiger partial charge is 0.265 e. The van der Waals surface area contributed by atoms with Gasteiger partial charge in [0.15, 0.2) is 0 Å². The van der Waals surface area contributed by atoms with Crippen LogP contribution in [0.3, 0.4) is 0 Å². The number of pyridine rings is 1. The van der Waals surface area contributed by atoms with E-state index in [1.807, 2.05) is 30.3 Å². The average Bonchev–Trinajstić information content (AvgIpc) is 2.37. The van der Waals surface area contributed by atoms with Gasteiger partial charge in [-0.3, -0.25) is 9.17 Å². The van der Waals surface area contributed by atoms with Crippen LogP contribution in [0, 0.1) is 0 Å². The molecule has 1 heterocycles. The number of hydrogen-bond acceptors (Lipinski definition) is 4. The summed E-state index contributed by atoms with van der Waals surface area (Å²) in [6, 6.07) is 12.7. The lowest BCUT2D eigenvalue weighted by Gasteiger charge is -2.16. The first-order valence-corrected chi connectivity index (χ1v) is 7.21. The maximum Gasteiger partial charge on any atom is 0.265 e. The molecule has 1 atom stereocenters. The van der Waals surface area contributed by atoms with Gasteiger partial charge in [0, 0.05) is 12.4 Å². The van der Waals surface area contributed by atoms with Gasteiger partial charge in [-0.25, -0.2) is 0 Å². The monoisotopic (exact) mass is 263 g/mol. The van der Waals surface area contributed by atoms with E-state index in [0.717, 1.165) is 17.4 Å². The molecule has 0 aliphatic carbocycles. The molecule has 94 valence electrons. The number of hydrogen-bond donors (Lipinski definition) is 0. The molecule has 18 heavy (non-hydrogen) atoms. The number of aromatic nitrogens is 1. The third-order valence-electron chi connectivity index (χ3n) is 2.38. The van der Waals surface area contributed by atoms with Gasteiger partial charge >= 0.3 is 0 Å². The Morgan fingerprint density at radius 3 is 2.11 bits per heavy atom. The van der Waals surface area contributed by atoms with E-state index < -0.39 is 16.2 Å². The summed E-state index contributed by atoms with van der Waals surface area (Å²) in [5.41, 5.74) is 1.54. The molecule has 0 aliphatic rings. The van der Waals surface area contributed by atoms with Gasteiger partial charge in [-0.1, -0.05) is 30.3 Å². The predicted molar refractivity (Wildman–Crippen MR) is 68.5 cm³/mol. The lowest BCUT2D eigenvalue weighted by molar-refractivity contribution is 0.256. The summed E-state index contributed by atoms with van der Waals surface area (Å²) in [5.74, 6) is 0. The molecule has 0 amide bonds. The van der Waals surface area contributed by atoms with E-state index in [4.69, 9.17) is 4.18 Å². The van der Waals surface area contributed by atoms with Crippen molar-refractivity contribution in [1.82, 2.24) is 4.98 Å². The van der Waals surface area contributed by atoms with Crippen LogP contribution < -0.4 is 0 Å². The summed E-state index contributed by atoms with van der Waals surface area (Å²) < 4.78 is 27.9. The van der Waals surface area contributed by atoms with Crippen molar-refractivity contribution in [3.05, 3.63) is 66.0 Å². The Labute approximate surface area is 106 Å². The zero-order chi connectivity index (χ0) is 13.0. The fourth-order valence-electron chi connectivity index (χ4n) is 1.64. The third-order valence-corrected chi connectivity index (χ3v) is 2.92.